The number of rotatable bonds is 6. The van der Waals surface area contributed by atoms with Crippen molar-refractivity contribution in [2.24, 2.45) is 0 Å². The number of hydrogen-bond donors (Lipinski definition) is 2. The van der Waals surface area contributed by atoms with Crippen molar-refractivity contribution in [1.29, 1.82) is 0 Å². The number of aryl methyl sites for hydroxylation is 2. The molecule has 1 rings (SSSR count). The third-order valence-corrected chi connectivity index (χ3v) is 4.06. The van der Waals surface area contributed by atoms with Gasteiger partial charge in [0.2, 0.25) is 0 Å². The Hall–Kier alpha value is -0.870. The van der Waals surface area contributed by atoms with Gasteiger partial charge in [-0.2, -0.15) is 0 Å². The summed E-state index contributed by atoms with van der Waals surface area (Å²) in [4.78, 5) is 14.2. The lowest BCUT2D eigenvalue weighted by Crippen LogP contribution is -2.46. The van der Waals surface area contributed by atoms with Gasteiger partial charge in [0.15, 0.2) is 0 Å². The maximum atomic E-state index is 12.1. The first-order valence-corrected chi connectivity index (χ1v) is 7.30. The second kappa shape index (κ2) is 6.34. The van der Waals surface area contributed by atoms with Crippen molar-refractivity contribution in [3.8, 4) is 0 Å². The molecule has 0 fully saturated rings. The zero-order chi connectivity index (χ0) is 13.8. The van der Waals surface area contributed by atoms with E-state index >= 15 is 0 Å². The number of amides is 1. The van der Waals surface area contributed by atoms with Gasteiger partial charge in [-0.15, -0.1) is 11.3 Å². The van der Waals surface area contributed by atoms with Gasteiger partial charge < -0.3 is 10.4 Å². The first kappa shape index (κ1) is 15.2. The number of aliphatic hydroxyl groups is 1. The third kappa shape index (κ3) is 3.82. The topological polar surface area (TPSA) is 49.3 Å². The fraction of sp³-hybridized carbons (Fsp3) is 0.643. The van der Waals surface area contributed by atoms with Gasteiger partial charge in [0.1, 0.15) is 0 Å². The molecule has 3 nitrogen and oxygen atoms in total. The van der Waals surface area contributed by atoms with Gasteiger partial charge in [-0.1, -0.05) is 20.3 Å². The Morgan fingerprint density at radius 3 is 2.61 bits per heavy atom. The summed E-state index contributed by atoms with van der Waals surface area (Å²) >= 11 is 1.57. The maximum absolute atomic E-state index is 12.1. The normalized spacial score (nSPS) is 11.6. The highest BCUT2D eigenvalue weighted by atomic mass is 32.1. The fourth-order valence-corrected chi connectivity index (χ4v) is 2.98. The van der Waals surface area contributed by atoms with Crippen LogP contribution in [0.1, 0.15) is 54.2 Å². The SMILES string of the molecule is CCCc1sc(C(=O)NC(C)(C)CO)cc1CC. The summed E-state index contributed by atoms with van der Waals surface area (Å²) in [5, 5.41) is 12.0. The number of thiophene rings is 1. The quantitative estimate of drug-likeness (QED) is 0.834. The van der Waals surface area contributed by atoms with Crippen molar-refractivity contribution in [3.63, 3.8) is 0 Å². The van der Waals surface area contributed by atoms with Crippen molar-refractivity contribution in [2.75, 3.05) is 6.61 Å². The number of nitrogens with one attached hydrogen (secondary N) is 1. The highest BCUT2D eigenvalue weighted by Crippen LogP contribution is 2.25. The van der Waals surface area contributed by atoms with Crippen molar-refractivity contribution in [3.05, 3.63) is 21.4 Å². The van der Waals surface area contributed by atoms with Crippen molar-refractivity contribution in [2.45, 2.75) is 52.5 Å². The second-order valence-corrected chi connectivity index (χ2v) is 6.30. The highest BCUT2D eigenvalue weighted by Gasteiger charge is 2.21. The van der Waals surface area contributed by atoms with Crippen molar-refractivity contribution in [1.82, 2.24) is 5.32 Å². The minimum absolute atomic E-state index is 0.0629. The van der Waals surface area contributed by atoms with E-state index in [4.69, 9.17) is 5.11 Å². The van der Waals surface area contributed by atoms with E-state index in [0.717, 1.165) is 24.1 Å². The van der Waals surface area contributed by atoms with Crippen LogP contribution >= 0.6 is 11.3 Å². The van der Waals surface area contributed by atoms with E-state index in [-0.39, 0.29) is 12.5 Å². The largest absolute Gasteiger partial charge is 0.394 e. The smallest absolute Gasteiger partial charge is 0.261 e. The lowest BCUT2D eigenvalue weighted by atomic mass is 10.1. The van der Waals surface area contributed by atoms with Gasteiger partial charge in [-0.25, -0.2) is 0 Å². The minimum Gasteiger partial charge on any atom is -0.394 e. The molecule has 0 radical (unpaired) electrons. The van der Waals surface area contributed by atoms with Gasteiger partial charge in [-0.05, 0) is 38.3 Å². The Kier molecular flexibility index (Phi) is 5.35. The Morgan fingerprint density at radius 2 is 2.11 bits per heavy atom. The zero-order valence-corrected chi connectivity index (χ0v) is 12.5. The number of hydrogen-bond acceptors (Lipinski definition) is 3. The summed E-state index contributed by atoms with van der Waals surface area (Å²) in [5.74, 6) is -0.0869. The number of carbonyl (C=O) groups is 1. The lowest BCUT2D eigenvalue weighted by molar-refractivity contribution is 0.0873. The molecule has 0 aliphatic carbocycles. The molecule has 0 atom stereocenters. The molecule has 102 valence electrons. The Labute approximate surface area is 113 Å². The van der Waals surface area contributed by atoms with Crippen LogP contribution in [-0.2, 0) is 12.8 Å². The summed E-state index contributed by atoms with van der Waals surface area (Å²) in [6, 6.07) is 1.98. The van der Waals surface area contributed by atoms with E-state index in [0.29, 0.717) is 0 Å². The zero-order valence-electron chi connectivity index (χ0n) is 11.7. The van der Waals surface area contributed by atoms with Crippen molar-refractivity contribution >= 4 is 17.2 Å². The molecular formula is C14H23NO2S. The van der Waals surface area contributed by atoms with Gasteiger partial charge in [0, 0.05) is 4.88 Å². The monoisotopic (exact) mass is 269 g/mol. The first-order chi connectivity index (χ1) is 8.43. The van der Waals surface area contributed by atoms with Crippen LogP contribution in [0.4, 0.5) is 0 Å². The van der Waals surface area contributed by atoms with Crippen LogP contribution in [0.2, 0.25) is 0 Å². The molecule has 1 heterocycles. The number of carbonyl (C=O) groups excluding carboxylic acids is 1. The summed E-state index contributed by atoms with van der Waals surface area (Å²) in [5.41, 5.74) is 0.701. The van der Waals surface area contributed by atoms with Crippen LogP contribution in [0.25, 0.3) is 0 Å². The fourth-order valence-electron chi connectivity index (χ4n) is 1.72. The molecule has 0 aliphatic rings. The summed E-state index contributed by atoms with van der Waals surface area (Å²) in [6.07, 6.45) is 3.09. The standard InChI is InChI=1S/C14H23NO2S/c1-5-7-11-10(6-2)8-12(18-11)13(17)15-14(3,4)9-16/h8,16H,5-7,9H2,1-4H3,(H,15,17). The van der Waals surface area contributed by atoms with E-state index in [1.807, 2.05) is 19.9 Å². The lowest BCUT2D eigenvalue weighted by Gasteiger charge is -2.22. The highest BCUT2D eigenvalue weighted by molar-refractivity contribution is 7.14. The molecule has 1 aromatic rings. The Balaban J connectivity index is 2.86. The van der Waals surface area contributed by atoms with Crippen LogP contribution in [0.5, 0.6) is 0 Å². The van der Waals surface area contributed by atoms with E-state index in [9.17, 15) is 4.79 Å². The van der Waals surface area contributed by atoms with Crippen LogP contribution < -0.4 is 5.32 Å². The van der Waals surface area contributed by atoms with E-state index in [1.54, 1.807) is 11.3 Å². The van der Waals surface area contributed by atoms with Gasteiger partial charge in [0.25, 0.3) is 5.91 Å². The molecule has 0 aliphatic heterocycles. The predicted octanol–water partition coefficient (Wildman–Crippen LogP) is 2.76. The van der Waals surface area contributed by atoms with Gasteiger partial charge in [-0.3, -0.25) is 4.79 Å². The molecule has 2 N–H and O–H groups in total. The molecular weight excluding hydrogens is 246 g/mol. The molecule has 4 heteroatoms. The molecule has 0 spiro atoms. The molecule has 0 unspecified atom stereocenters. The van der Waals surface area contributed by atoms with Crippen LogP contribution in [0.15, 0.2) is 6.07 Å². The van der Waals surface area contributed by atoms with E-state index in [2.05, 4.69) is 19.2 Å². The Bertz CT molecular complexity index is 410. The number of aliphatic hydroxyl groups excluding tert-OH is 1. The van der Waals surface area contributed by atoms with Gasteiger partial charge in [0.05, 0.1) is 17.0 Å². The molecule has 0 saturated heterocycles. The summed E-state index contributed by atoms with van der Waals surface area (Å²) < 4.78 is 0. The minimum atomic E-state index is -0.571. The third-order valence-electron chi connectivity index (χ3n) is 2.83. The molecule has 1 amide bonds. The average molecular weight is 269 g/mol. The van der Waals surface area contributed by atoms with Gasteiger partial charge >= 0.3 is 0 Å². The van der Waals surface area contributed by atoms with Crippen LogP contribution in [0.3, 0.4) is 0 Å². The van der Waals surface area contributed by atoms with E-state index in [1.165, 1.54) is 10.4 Å². The summed E-state index contributed by atoms with van der Waals surface area (Å²) in [7, 11) is 0. The molecule has 1 aromatic heterocycles. The molecule has 0 saturated carbocycles. The maximum Gasteiger partial charge on any atom is 0.261 e. The second-order valence-electron chi connectivity index (χ2n) is 5.16. The van der Waals surface area contributed by atoms with E-state index < -0.39 is 5.54 Å². The van der Waals surface area contributed by atoms with Crippen molar-refractivity contribution < 1.29 is 9.90 Å². The van der Waals surface area contributed by atoms with Crippen LogP contribution in [0, 0.1) is 0 Å². The first-order valence-electron chi connectivity index (χ1n) is 6.48. The Morgan fingerprint density at radius 1 is 1.44 bits per heavy atom. The molecule has 18 heavy (non-hydrogen) atoms. The molecule has 0 aromatic carbocycles. The average Bonchev–Trinajstić information content (AvgIpc) is 2.72. The summed E-state index contributed by atoms with van der Waals surface area (Å²) in [6.45, 7) is 7.82. The molecule has 0 bridgehead atoms. The predicted molar refractivity (Wildman–Crippen MR) is 76.3 cm³/mol. The van der Waals surface area contributed by atoms with Crippen LogP contribution in [-0.4, -0.2) is 23.2 Å².